The number of hydrogen-bond donors (Lipinski definition) is 2. The number of nitrogens with one attached hydrogen (secondary N) is 2. The highest BCUT2D eigenvalue weighted by Gasteiger charge is 2.29. The van der Waals surface area contributed by atoms with Crippen molar-refractivity contribution in [3.8, 4) is 6.07 Å². The van der Waals surface area contributed by atoms with Crippen molar-refractivity contribution in [3.05, 3.63) is 88.2 Å². The zero-order valence-electron chi connectivity index (χ0n) is 24.4. The van der Waals surface area contributed by atoms with Crippen LogP contribution in [0.3, 0.4) is 0 Å². The first kappa shape index (κ1) is 29.8. The molecule has 0 saturated carbocycles. The topological polar surface area (TPSA) is 121 Å². The molecule has 3 aromatic heterocycles. The number of rotatable bonds is 7. The maximum Gasteiger partial charge on any atom is 0.180 e. The number of oxazole rings is 1. The Morgan fingerprint density at radius 1 is 1.09 bits per heavy atom. The molecule has 1 saturated heterocycles. The molecule has 13 heteroatoms. The van der Waals surface area contributed by atoms with E-state index < -0.39 is 11.9 Å². The highest BCUT2D eigenvalue weighted by Crippen LogP contribution is 2.37. The van der Waals surface area contributed by atoms with Crippen molar-refractivity contribution in [2.75, 3.05) is 23.7 Å². The average molecular weight is 635 g/mol. The van der Waals surface area contributed by atoms with Crippen LogP contribution in [0.1, 0.15) is 62.7 Å². The zero-order chi connectivity index (χ0) is 31.0. The van der Waals surface area contributed by atoms with E-state index in [0.29, 0.717) is 44.4 Å². The number of likely N-dealkylation sites (tertiary alicyclic amines) is 1. The summed E-state index contributed by atoms with van der Waals surface area (Å²) in [6, 6.07) is 9.69. The molecule has 0 amide bonds. The van der Waals surface area contributed by atoms with E-state index in [2.05, 4.69) is 62.7 Å². The van der Waals surface area contributed by atoms with Crippen LogP contribution in [-0.4, -0.2) is 48.5 Å². The van der Waals surface area contributed by atoms with Crippen LogP contribution in [0.15, 0.2) is 59.7 Å². The summed E-state index contributed by atoms with van der Waals surface area (Å²) < 4.78 is 21.5. The van der Waals surface area contributed by atoms with Gasteiger partial charge in [0, 0.05) is 41.6 Å². The lowest BCUT2D eigenvalue weighted by atomic mass is 9.98. The number of anilines is 3. The van der Waals surface area contributed by atoms with Crippen LogP contribution < -0.4 is 10.6 Å². The number of piperidine rings is 1. The van der Waals surface area contributed by atoms with E-state index in [0.717, 1.165) is 25.9 Å². The van der Waals surface area contributed by atoms with Crippen molar-refractivity contribution in [3.63, 3.8) is 0 Å². The molecule has 1 atom stereocenters. The molecule has 6 rings (SSSR count). The van der Waals surface area contributed by atoms with Crippen LogP contribution in [0.4, 0.5) is 21.5 Å². The number of nitrogens with zero attached hydrogens (tertiary/aromatic N) is 7. The Morgan fingerprint density at radius 3 is 2.55 bits per heavy atom. The first-order valence-corrected chi connectivity index (χ1v) is 14.9. The van der Waals surface area contributed by atoms with Gasteiger partial charge in [-0.05, 0) is 63.9 Å². The summed E-state index contributed by atoms with van der Waals surface area (Å²) in [6.45, 7) is 8.69. The fraction of sp³-hybridized carbons (Fsp3) is 0.323. The number of aromatic nitrogens is 5. The molecule has 0 radical (unpaired) electrons. The molecule has 4 heterocycles. The molecule has 2 N–H and O–H groups in total. The molecular formula is C31H30Cl2FN9O. The van der Waals surface area contributed by atoms with Gasteiger partial charge < -0.3 is 15.1 Å². The van der Waals surface area contributed by atoms with Gasteiger partial charge >= 0.3 is 0 Å². The van der Waals surface area contributed by atoms with Gasteiger partial charge in [-0.3, -0.25) is 9.88 Å². The summed E-state index contributed by atoms with van der Waals surface area (Å²) in [7, 11) is 0. The lowest BCUT2D eigenvalue weighted by Crippen LogP contribution is -2.46. The second-order valence-electron chi connectivity index (χ2n) is 11.8. The molecule has 44 heavy (non-hydrogen) atoms. The fourth-order valence-corrected chi connectivity index (χ4v) is 5.96. The van der Waals surface area contributed by atoms with Crippen LogP contribution in [0.25, 0.3) is 10.9 Å². The van der Waals surface area contributed by atoms with Gasteiger partial charge in [-0.2, -0.15) is 5.26 Å². The Hall–Kier alpha value is -4.24. The molecule has 10 nitrogen and oxygen atoms in total. The average Bonchev–Trinajstić information content (AvgIpc) is 3.71. The highest BCUT2D eigenvalue weighted by atomic mass is 35.5. The summed E-state index contributed by atoms with van der Waals surface area (Å²) in [5.74, 6) is -0.00313. The van der Waals surface area contributed by atoms with Crippen LogP contribution in [0.2, 0.25) is 10.0 Å². The fourth-order valence-electron chi connectivity index (χ4n) is 5.51. The quantitative estimate of drug-likeness (QED) is 0.187. The van der Waals surface area contributed by atoms with E-state index in [1.165, 1.54) is 30.8 Å². The number of halogens is 3. The summed E-state index contributed by atoms with van der Waals surface area (Å²) in [6.07, 6.45) is 8.33. The monoisotopic (exact) mass is 633 g/mol. The van der Waals surface area contributed by atoms with Crippen molar-refractivity contribution >= 4 is 51.2 Å². The van der Waals surface area contributed by atoms with Gasteiger partial charge in [-0.25, -0.2) is 14.1 Å². The standard InChI is InChI=1S/C31H30Cl2FN9O/c1-31(2,3)42-8-6-21(7-9-42)43-16-26(40-41-43)30(27-15-36-17-44-27)39-20-10-22-28(38-19-4-5-25(34)23(32)11-19)18(13-35)14-37-29(22)24(33)12-20/h4-5,10-12,14-17,21,30,39H,6-9H2,1-3H3,(H,37,38)/t30-/m1/s1. The van der Waals surface area contributed by atoms with Gasteiger partial charge in [0.1, 0.15) is 23.6 Å². The smallest absolute Gasteiger partial charge is 0.180 e. The Balaban J connectivity index is 1.33. The third kappa shape index (κ3) is 6.06. The minimum absolute atomic E-state index is 0.0463. The maximum absolute atomic E-state index is 13.8. The number of pyridine rings is 1. The van der Waals surface area contributed by atoms with Crippen LogP contribution in [0, 0.1) is 17.1 Å². The molecule has 2 aromatic carbocycles. The Labute approximate surface area is 263 Å². The van der Waals surface area contributed by atoms with Crippen molar-refractivity contribution in [1.29, 1.82) is 5.26 Å². The van der Waals surface area contributed by atoms with Crippen molar-refractivity contribution in [2.24, 2.45) is 0 Å². The summed E-state index contributed by atoms with van der Waals surface area (Å²) in [5.41, 5.74) is 3.11. The van der Waals surface area contributed by atoms with E-state index in [9.17, 15) is 9.65 Å². The van der Waals surface area contributed by atoms with Gasteiger partial charge in [0.2, 0.25) is 0 Å². The summed E-state index contributed by atoms with van der Waals surface area (Å²) >= 11 is 12.7. The molecule has 226 valence electrons. The first-order valence-electron chi connectivity index (χ1n) is 14.2. The van der Waals surface area contributed by atoms with Gasteiger partial charge in [-0.15, -0.1) is 5.10 Å². The van der Waals surface area contributed by atoms with Crippen LogP contribution >= 0.6 is 23.2 Å². The molecule has 5 aromatic rings. The number of benzene rings is 2. The van der Waals surface area contributed by atoms with Crippen molar-refractivity contribution < 1.29 is 8.81 Å². The van der Waals surface area contributed by atoms with Gasteiger partial charge in [0.15, 0.2) is 12.2 Å². The van der Waals surface area contributed by atoms with Gasteiger partial charge in [0.05, 0.1) is 45.2 Å². The SMILES string of the molecule is CC(C)(C)N1CCC(n2cc([C@@H](Nc3cc(Cl)c4ncc(C#N)c(Nc5ccc(F)c(Cl)c5)c4c3)c3cnco3)nn2)CC1. The normalized spacial score (nSPS) is 15.3. The molecular weight excluding hydrogens is 604 g/mol. The van der Waals surface area contributed by atoms with Crippen LogP contribution in [0.5, 0.6) is 0 Å². The lowest BCUT2D eigenvalue weighted by molar-refractivity contribution is 0.0866. The number of hydrogen-bond acceptors (Lipinski definition) is 9. The molecule has 1 fully saturated rings. The Bertz CT molecular complexity index is 1840. The molecule has 0 bridgehead atoms. The minimum atomic E-state index is -0.544. The number of nitriles is 1. The van der Waals surface area contributed by atoms with E-state index >= 15 is 0 Å². The number of fused-ring (bicyclic) bond motifs is 1. The molecule has 1 aliphatic heterocycles. The van der Waals surface area contributed by atoms with Crippen LogP contribution in [-0.2, 0) is 0 Å². The Kier molecular flexibility index (Phi) is 8.16. The molecule has 0 spiro atoms. The van der Waals surface area contributed by atoms with E-state index in [1.807, 2.05) is 16.9 Å². The third-order valence-electron chi connectivity index (χ3n) is 7.89. The maximum atomic E-state index is 13.8. The van der Waals surface area contributed by atoms with Crippen molar-refractivity contribution in [1.82, 2.24) is 29.9 Å². The second-order valence-corrected chi connectivity index (χ2v) is 12.6. The highest BCUT2D eigenvalue weighted by molar-refractivity contribution is 6.36. The van der Waals surface area contributed by atoms with Crippen molar-refractivity contribution in [2.45, 2.75) is 51.2 Å². The first-order chi connectivity index (χ1) is 21.1. The van der Waals surface area contributed by atoms with Gasteiger partial charge in [-0.1, -0.05) is 28.4 Å². The summed E-state index contributed by atoms with van der Waals surface area (Å²) in [5, 5.41) is 26.4. The van der Waals surface area contributed by atoms with E-state index in [-0.39, 0.29) is 22.2 Å². The molecule has 1 aliphatic rings. The summed E-state index contributed by atoms with van der Waals surface area (Å²) in [4.78, 5) is 11.0. The Morgan fingerprint density at radius 2 is 1.86 bits per heavy atom. The zero-order valence-corrected chi connectivity index (χ0v) is 25.9. The third-order valence-corrected chi connectivity index (χ3v) is 8.47. The predicted molar refractivity (Wildman–Crippen MR) is 168 cm³/mol. The second kappa shape index (κ2) is 12.0. The predicted octanol–water partition coefficient (Wildman–Crippen LogP) is 7.51. The lowest BCUT2D eigenvalue weighted by Gasteiger charge is -2.40. The molecule has 0 aliphatic carbocycles. The molecule has 0 unspecified atom stereocenters. The van der Waals surface area contributed by atoms with E-state index in [4.69, 9.17) is 27.6 Å². The van der Waals surface area contributed by atoms with E-state index in [1.54, 1.807) is 12.3 Å². The van der Waals surface area contributed by atoms with Gasteiger partial charge in [0.25, 0.3) is 0 Å². The minimum Gasteiger partial charge on any atom is -0.446 e. The largest absolute Gasteiger partial charge is 0.446 e.